The Hall–Kier alpha value is -1.33. The summed E-state index contributed by atoms with van der Waals surface area (Å²) in [5.41, 5.74) is 7.06. The molecule has 1 rings (SSSR count). The summed E-state index contributed by atoms with van der Waals surface area (Å²) in [6.07, 6.45) is 1.05. The molecule has 0 aliphatic rings. The maximum absolute atomic E-state index is 11.2. The van der Waals surface area contributed by atoms with Gasteiger partial charge in [-0.15, -0.1) is 0 Å². The Kier molecular flexibility index (Phi) is 6.59. The molecule has 0 heterocycles. The van der Waals surface area contributed by atoms with Crippen molar-refractivity contribution in [3.05, 3.63) is 28.8 Å². The van der Waals surface area contributed by atoms with Gasteiger partial charge in [0.15, 0.2) is 0 Å². The van der Waals surface area contributed by atoms with Crippen molar-refractivity contribution in [3.8, 4) is 0 Å². The number of anilines is 1. The highest BCUT2D eigenvalue weighted by Gasteiger charge is 2.09. The third kappa shape index (κ3) is 5.04. The topological polar surface area (TPSA) is 64.3 Å². The number of hydrogen-bond acceptors (Lipinski definition) is 4. The van der Waals surface area contributed by atoms with Crippen LogP contribution in [0.3, 0.4) is 0 Å². The van der Waals surface area contributed by atoms with Gasteiger partial charge in [-0.3, -0.25) is 4.79 Å². The molecule has 4 nitrogen and oxygen atoms in total. The van der Waals surface area contributed by atoms with Crippen molar-refractivity contribution in [3.63, 3.8) is 0 Å². The van der Waals surface area contributed by atoms with Crippen LogP contribution < -0.4 is 11.1 Å². The van der Waals surface area contributed by atoms with Gasteiger partial charge in [-0.05, 0) is 25.5 Å². The monoisotopic (exact) mass is 300 g/mol. The van der Waals surface area contributed by atoms with Crippen LogP contribution in [-0.2, 0) is 9.53 Å². The van der Waals surface area contributed by atoms with Crippen LogP contribution in [0.15, 0.2) is 18.2 Å². The summed E-state index contributed by atoms with van der Waals surface area (Å²) in [4.78, 5) is 11.4. The van der Waals surface area contributed by atoms with Gasteiger partial charge in [0.25, 0.3) is 0 Å². The average molecular weight is 301 g/mol. The zero-order chi connectivity index (χ0) is 14.3. The van der Waals surface area contributed by atoms with E-state index in [2.05, 4.69) is 5.32 Å². The zero-order valence-electron chi connectivity index (χ0n) is 10.7. The number of halogens is 1. The van der Waals surface area contributed by atoms with E-state index in [0.717, 1.165) is 5.69 Å². The second kappa shape index (κ2) is 7.96. The van der Waals surface area contributed by atoms with Gasteiger partial charge >= 0.3 is 5.97 Å². The van der Waals surface area contributed by atoms with Gasteiger partial charge in [0.1, 0.15) is 4.99 Å². The fraction of sp³-hybridized carbons (Fsp3) is 0.385. The number of rotatable bonds is 7. The van der Waals surface area contributed by atoms with Crippen molar-refractivity contribution < 1.29 is 9.53 Å². The molecule has 104 valence electrons. The Bertz CT molecular complexity index is 466. The number of ether oxygens (including phenoxy) is 1. The van der Waals surface area contributed by atoms with Crippen LogP contribution in [0.4, 0.5) is 5.69 Å². The van der Waals surface area contributed by atoms with Crippen molar-refractivity contribution in [1.82, 2.24) is 0 Å². The molecule has 0 saturated heterocycles. The van der Waals surface area contributed by atoms with Crippen LogP contribution in [0.1, 0.15) is 25.3 Å². The predicted octanol–water partition coefficient (Wildman–Crippen LogP) is 2.73. The lowest BCUT2D eigenvalue weighted by Gasteiger charge is -2.12. The molecule has 0 aromatic heterocycles. The summed E-state index contributed by atoms with van der Waals surface area (Å²) in [6, 6.07) is 5.41. The van der Waals surface area contributed by atoms with E-state index in [1.807, 2.05) is 12.1 Å². The smallest absolute Gasteiger partial charge is 0.305 e. The molecular weight excluding hydrogens is 284 g/mol. The summed E-state index contributed by atoms with van der Waals surface area (Å²) in [7, 11) is 0. The molecule has 0 bridgehead atoms. The first-order valence-electron chi connectivity index (χ1n) is 6.04. The van der Waals surface area contributed by atoms with Crippen molar-refractivity contribution in [1.29, 1.82) is 0 Å². The number of benzene rings is 1. The standard InChI is InChI=1S/C13H17ClN2O2S/c1-2-18-11(17)7-4-8-16-10-6-3-5-9(14)12(10)13(15)19/h3,5-6,16H,2,4,7-8H2,1H3,(H2,15,19). The molecule has 0 spiro atoms. The first-order valence-corrected chi connectivity index (χ1v) is 6.82. The molecule has 6 heteroatoms. The number of thiocarbonyl (C=S) groups is 1. The molecule has 0 saturated carbocycles. The summed E-state index contributed by atoms with van der Waals surface area (Å²) in [5.74, 6) is -0.190. The SMILES string of the molecule is CCOC(=O)CCCNc1cccc(Cl)c1C(N)=S. The quantitative estimate of drug-likeness (QED) is 0.460. The van der Waals surface area contributed by atoms with E-state index in [1.54, 1.807) is 13.0 Å². The minimum absolute atomic E-state index is 0.190. The summed E-state index contributed by atoms with van der Waals surface area (Å²) < 4.78 is 4.85. The lowest BCUT2D eigenvalue weighted by Crippen LogP contribution is -2.15. The number of carbonyl (C=O) groups excluding carboxylic acids is 1. The highest BCUT2D eigenvalue weighted by Crippen LogP contribution is 2.24. The minimum Gasteiger partial charge on any atom is -0.466 e. The molecule has 0 aliphatic heterocycles. The van der Waals surface area contributed by atoms with E-state index in [4.69, 9.17) is 34.3 Å². The Balaban J connectivity index is 2.52. The molecule has 0 radical (unpaired) electrons. The fourth-order valence-corrected chi connectivity index (χ4v) is 2.16. The maximum atomic E-state index is 11.2. The molecule has 1 aromatic carbocycles. The van der Waals surface area contributed by atoms with Gasteiger partial charge in [-0.25, -0.2) is 0 Å². The van der Waals surface area contributed by atoms with Crippen LogP contribution in [0.5, 0.6) is 0 Å². The van der Waals surface area contributed by atoms with E-state index in [9.17, 15) is 4.79 Å². The molecule has 3 N–H and O–H groups in total. The molecule has 0 atom stereocenters. The minimum atomic E-state index is -0.190. The molecule has 0 fully saturated rings. The Morgan fingerprint density at radius 3 is 2.89 bits per heavy atom. The van der Waals surface area contributed by atoms with Gasteiger partial charge in [0, 0.05) is 18.7 Å². The number of nitrogens with one attached hydrogen (secondary N) is 1. The van der Waals surface area contributed by atoms with Gasteiger partial charge in [-0.1, -0.05) is 29.9 Å². The Morgan fingerprint density at radius 1 is 1.53 bits per heavy atom. The lowest BCUT2D eigenvalue weighted by molar-refractivity contribution is -0.143. The molecular formula is C13H17ClN2O2S. The molecule has 19 heavy (non-hydrogen) atoms. The van der Waals surface area contributed by atoms with E-state index in [-0.39, 0.29) is 11.0 Å². The van der Waals surface area contributed by atoms with E-state index in [1.165, 1.54) is 0 Å². The highest BCUT2D eigenvalue weighted by atomic mass is 35.5. The fourth-order valence-electron chi connectivity index (χ4n) is 1.61. The van der Waals surface area contributed by atoms with Gasteiger partial charge in [0.05, 0.1) is 17.2 Å². The van der Waals surface area contributed by atoms with Gasteiger partial charge in [-0.2, -0.15) is 0 Å². The molecule has 0 unspecified atom stereocenters. The molecule has 1 aromatic rings. The van der Waals surface area contributed by atoms with Crippen LogP contribution in [0.25, 0.3) is 0 Å². The first-order chi connectivity index (χ1) is 9.06. The van der Waals surface area contributed by atoms with Crippen molar-refractivity contribution in [2.45, 2.75) is 19.8 Å². The van der Waals surface area contributed by atoms with Gasteiger partial charge < -0.3 is 15.8 Å². The van der Waals surface area contributed by atoms with Gasteiger partial charge in [0.2, 0.25) is 0 Å². The number of carbonyl (C=O) groups is 1. The Morgan fingerprint density at radius 2 is 2.26 bits per heavy atom. The molecule has 0 amide bonds. The Labute approximate surface area is 123 Å². The third-order valence-corrected chi connectivity index (χ3v) is 2.96. The van der Waals surface area contributed by atoms with Crippen LogP contribution in [0, 0.1) is 0 Å². The van der Waals surface area contributed by atoms with Crippen LogP contribution >= 0.6 is 23.8 Å². The largest absolute Gasteiger partial charge is 0.466 e. The second-order valence-electron chi connectivity index (χ2n) is 3.86. The predicted molar refractivity (Wildman–Crippen MR) is 81.7 cm³/mol. The molecule has 0 aliphatic carbocycles. The lowest BCUT2D eigenvalue weighted by atomic mass is 10.1. The number of hydrogen-bond donors (Lipinski definition) is 2. The summed E-state index contributed by atoms with van der Waals surface area (Å²) >= 11 is 11.0. The maximum Gasteiger partial charge on any atom is 0.305 e. The van der Waals surface area contributed by atoms with Crippen LogP contribution in [0.2, 0.25) is 5.02 Å². The van der Waals surface area contributed by atoms with Crippen molar-refractivity contribution >= 4 is 40.5 Å². The van der Waals surface area contributed by atoms with E-state index in [0.29, 0.717) is 36.6 Å². The first kappa shape index (κ1) is 15.7. The van der Waals surface area contributed by atoms with E-state index >= 15 is 0 Å². The highest BCUT2D eigenvalue weighted by molar-refractivity contribution is 7.80. The normalized spacial score (nSPS) is 10.0. The van der Waals surface area contributed by atoms with Crippen LogP contribution in [-0.4, -0.2) is 24.1 Å². The zero-order valence-corrected chi connectivity index (χ0v) is 12.3. The second-order valence-corrected chi connectivity index (χ2v) is 4.71. The van der Waals surface area contributed by atoms with E-state index < -0.39 is 0 Å². The third-order valence-electron chi connectivity index (χ3n) is 2.44. The van der Waals surface area contributed by atoms with Crippen molar-refractivity contribution in [2.75, 3.05) is 18.5 Å². The number of nitrogens with two attached hydrogens (primary N) is 1. The summed E-state index contributed by atoms with van der Waals surface area (Å²) in [5, 5.41) is 3.69. The average Bonchev–Trinajstić information content (AvgIpc) is 2.34. The summed E-state index contributed by atoms with van der Waals surface area (Å²) in [6.45, 7) is 2.82. The number of esters is 1. The van der Waals surface area contributed by atoms with Crippen molar-refractivity contribution in [2.24, 2.45) is 5.73 Å².